The maximum absolute atomic E-state index is 11.6. The van der Waals surface area contributed by atoms with Crippen molar-refractivity contribution in [2.45, 2.75) is 0 Å². The maximum atomic E-state index is 11.6. The van der Waals surface area contributed by atoms with E-state index in [0.717, 1.165) is 21.8 Å². The van der Waals surface area contributed by atoms with Crippen LogP contribution < -0.4 is 5.30 Å². The molecule has 0 spiro atoms. The Labute approximate surface area is 130 Å². The lowest BCUT2D eigenvalue weighted by Gasteiger charge is -2.11. The van der Waals surface area contributed by atoms with Gasteiger partial charge in [-0.1, -0.05) is 60.7 Å². The van der Waals surface area contributed by atoms with Gasteiger partial charge in [-0.2, -0.15) is 0 Å². The Kier molecular flexibility index (Phi) is 3.21. The fourth-order valence-corrected chi connectivity index (χ4v) is 3.46. The van der Waals surface area contributed by atoms with Crippen LogP contribution in [0, 0.1) is 0 Å². The van der Waals surface area contributed by atoms with Gasteiger partial charge in [-0.15, -0.1) is 0 Å². The summed E-state index contributed by atoms with van der Waals surface area (Å²) in [6, 6.07) is 26.9. The quantitative estimate of drug-likeness (QED) is 0.349. The standard InChI is InChI=1S/C20H13OP/c21-22-19-11-10-17-12-15-8-4-5-9-16(15)13-18(17)20(19)14-6-2-1-3-7-14/h1-13H. The van der Waals surface area contributed by atoms with Crippen molar-refractivity contribution in [3.05, 3.63) is 78.9 Å². The molecule has 2 heteroatoms. The van der Waals surface area contributed by atoms with Gasteiger partial charge in [0.1, 0.15) is 0 Å². The molecular formula is C20H13OP. The molecule has 0 fully saturated rings. The van der Waals surface area contributed by atoms with E-state index in [1.807, 2.05) is 30.3 Å². The Morgan fingerprint density at radius 3 is 2.05 bits per heavy atom. The van der Waals surface area contributed by atoms with Crippen LogP contribution in [0.1, 0.15) is 0 Å². The largest absolute Gasteiger partial charge is 0.269 e. The average Bonchev–Trinajstić information content (AvgIpc) is 2.59. The molecule has 104 valence electrons. The predicted molar refractivity (Wildman–Crippen MR) is 94.1 cm³/mol. The van der Waals surface area contributed by atoms with Gasteiger partial charge in [-0.05, 0) is 45.3 Å². The van der Waals surface area contributed by atoms with E-state index in [0.29, 0.717) is 0 Å². The highest BCUT2D eigenvalue weighted by Crippen LogP contribution is 2.32. The predicted octanol–water partition coefficient (Wildman–Crippen LogP) is 5.58. The molecule has 4 aromatic carbocycles. The van der Waals surface area contributed by atoms with Crippen molar-refractivity contribution in [2.24, 2.45) is 0 Å². The second-order valence-corrected chi connectivity index (χ2v) is 6.00. The molecule has 0 aliphatic heterocycles. The van der Waals surface area contributed by atoms with Gasteiger partial charge in [-0.3, -0.25) is 4.57 Å². The van der Waals surface area contributed by atoms with E-state index >= 15 is 0 Å². The van der Waals surface area contributed by atoms with Crippen LogP contribution in [0.4, 0.5) is 0 Å². The summed E-state index contributed by atoms with van der Waals surface area (Å²) in [5, 5.41) is 5.57. The molecule has 0 bridgehead atoms. The van der Waals surface area contributed by atoms with Crippen molar-refractivity contribution in [1.29, 1.82) is 0 Å². The molecule has 0 aliphatic rings. The highest BCUT2D eigenvalue weighted by atomic mass is 31.1. The Balaban J connectivity index is 2.15. The lowest BCUT2D eigenvalue weighted by molar-refractivity contribution is 0.603. The third kappa shape index (κ3) is 2.11. The normalized spacial score (nSPS) is 11.3. The van der Waals surface area contributed by atoms with Gasteiger partial charge < -0.3 is 0 Å². The summed E-state index contributed by atoms with van der Waals surface area (Å²) in [5.41, 5.74) is 2.15. The highest BCUT2D eigenvalue weighted by Gasteiger charge is 2.11. The summed E-state index contributed by atoms with van der Waals surface area (Å²) in [7, 11) is 0.0526. The fraction of sp³-hybridized carbons (Fsp3) is 0. The van der Waals surface area contributed by atoms with Crippen molar-refractivity contribution in [2.75, 3.05) is 0 Å². The van der Waals surface area contributed by atoms with E-state index in [4.69, 9.17) is 0 Å². The van der Waals surface area contributed by atoms with Gasteiger partial charge in [0.2, 0.25) is 0 Å². The molecule has 0 N–H and O–H groups in total. The molecule has 22 heavy (non-hydrogen) atoms. The Hall–Kier alpha value is -2.50. The van der Waals surface area contributed by atoms with Gasteiger partial charge >= 0.3 is 0 Å². The van der Waals surface area contributed by atoms with Gasteiger partial charge in [0.25, 0.3) is 0 Å². The molecule has 0 saturated heterocycles. The lowest BCUT2D eigenvalue weighted by atomic mass is 9.95. The minimum Gasteiger partial charge on any atom is -0.269 e. The lowest BCUT2D eigenvalue weighted by Crippen LogP contribution is -1.98. The molecule has 0 heterocycles. The van der Waals surface area contributed by atoms with Crippen LogP contribution in [0.5, 0.6) is 0 Å². The average molecular weight is 300 g/mol. The number of hydrogen-bond acceptors (Lipinski definition) is 1. The fourth-order valence-electron chi connectivity index (χ4n) is 2.99. The molecule has 4 rings (SSSR count). The first kappa shape index (κ1) is 13.2. The van der Waals surface area contributed by atoms with E-state index < -0.39 is 0 Å². The zero-order chi connectivity index (χ0) is 14.9. The number of hydrogen-bond donors (Lipinski definition) is 0. The van der Waals surface area contributed by atoms with E-state index in [-0.39, 0.29) is 8.46 Å². The molecule has 0 unspecified atom stereocenters. The third-order valence-electron chi connectivity index (χ3n) is 4.02. The molecule has 0 aliphatic carbocycles. The first-order valence-electron chi connectivity index (χ1n) is 7.21. The summed E-state index contributed by atoms with van der Waals surface area (Å²) in [4.78, 5) is 0. The first-order chi connectivity index (χ1) is 10.9. The van der Waals surface area contributed by atoms with Crippen LogP contribution in [-0.2, 0) is 4.57 Å². The second-order valence-electron chi connectivity index (χ2n) is 5.34. The molecule has 0 saturated carbocycles. The molecule has 0 atom stereocenters. The first-order valence-corrected chi connectivity index (χ1v) is 8.02. The molecule has 0 amide bonds. The van der Waals surface area contributed by atoms with E-state index in [1.54, 1.807) is 0 Å². The maximum Gasteiger partial charge on any atom is 0.192 e. The van der Waals surface area contributed by atoms with Crippen molar-refractivity contribution in [3.8, 4) is 11.1 Å². The number of rotatable bonds is 2. The van der Waals surface area contributed by atoms with Gasteiger partial charge in [0, 0.05) is 5.56 Å². The van der Waals surface area contributed by atoms with Crippen molar-refractivity contribution in [1.82, 2.24) is 0 Å². The summed E-state index contributed by atoms with van der Waals surface area (Å²) in [6.07, 6.45) is 0. The summed E-state index contributed by atoms with van der Waals surface area (Å²) < 4.78 is 11.6. The van der Waals surface area contributed by atoms with Crippen LogP contribution in [0.3, 0.4) is 0 Å². The SMILES string of the molecule is O=Pc1ccc2cc3ccccc3cc2c1-c1ccccc1. The van der Waals surface area contributed by atoms with Gasteiger partial charge in [-0.25, -0.2) is 0 Å². The van der Waals surface area contributed by atoms with Crippen LogP contribution in [-0.4, -0.2) is 0 Å². The second kappa shape index (κ2) is 5.36. The Morgan fingerprint density at radius 2 is 1.32 bits per heavy atom. The molecule has 0 aromatic heterocycles. The Morgan fingerprint density at radius 1 is 0.636 bits per heavy atom. The van der Waals surface area contributed by atoms with Crippen molar-refractivity contribution >= 4 is 35.3 Å². The van der Waals surface area contributed by atoms with Gasteiger partial charge in [0.15, 0.2) is 8.46 Å². The number of benzene rings is 4. The Bertz CT molecular complexity index is 990. The number of fused-ring (bicyclic) bond motifs is 2. The summed E-state index contributed by atoms with van der Waals surface area (Å²) in [5.74, 6) is 0. The zero-order valence-electron chi connectivity index (χ0n) is 11.9. The van der Waals surface area contributed by atoms with Crippen LogP contribution in [0.25, 0.3) is 32.7 Å². The molecular weight excluding hydrogens is 287 g/mol. The molecule has 1 nitrogen and oxygen atoms in total. The minimum atomic E-state index is 0.0526. The smallest absolute Gasteiger partial charge is 0.192 e. The summed E-state index contributed by atoms with van der Waals surface area (Å²) >= 11 is 0. The van der Waals surface area contributed by atoms with Crippen LogP contribution >= 0.6 is 8.46 Å². The van der Waals surface area contributed by atoms with Crippen LogP contribution in [0.15, 0.2) is 78.9 Å². The highest BCUT2D eigenvalue weighted by molar-refractivity contribution is 7.34. The third-order valence-corrected chi connectivity index (χ3v) is 4.59. The van der Waals surface area contributed by atoms with E-state index in [2.05, 4.69) is 48.5 Å². The van der Waals surface area contributed by atoms with Crippen LogP contribution in [0.2, 0.25) is 0 Å². The van der Waals surface area contributed by atoms with Gasteiger partial charge in [0.05, 0.1) is 5.30 Å². The van der Waals surface area contributed by atoms with E-state index in [9.17, 15) is 4.57 Å². The minimum absolute atomic E-state index is 0.0526. The monoisotopic (exact) mass is 300 g/mol. The molecule has 4 aromatic rings. The van der Waals surface area contributed by atoms with E-state index in [1.165, 1.54) is 16.2 Å². The summed E-state index contributed by atoms with van der Waals surface area (Å²) in [6.45, 7) is 0. The topological polar surface area (TPSA) is 17.1 Å². The van der Waals surface area contributed by atoms with Crippen molar-refractivity contribution < 1.29 is 4.57 Å². The molecule has 0 radical (unpaired) electrons. The van der Waals surface area contributed by atoms with Crippen molar-refractivity contribution in [3.63, 3.8) is 0 Å². The zero-order valence-corrected chi connectivity index (χ0v) is 12.8.